The average Bonchev–Trinajstić information content (AvgIpc) is 2.68. The molecule has 3 N–H and O–H groups in total. The van der Waals surface area contributed by atoms with Gasteiger partial charge in [0.2, 0.25) is 0 Å². The molecule has 6 nitrogen and oxygen atoms in total. The van der Waals surface area contributed by atoms with Crippen LogP contribution >= 0.6 is 0 Å². The third-order valence-corrected chi connectivity index (χ3v) is 3.13. The van der Waals surface area contributed by atoms with Crippen LogP contribution in [0.5, 0.6) is 0 Å². The number of aromatic nitrogens is 2. The molecule has 0 saturated carbocycles. The Morgan fingerprint density at radius 2 is 2.32 bits per heavy atom. The molecule has 0 spiro atoms. The van der Waals surface area contributed by atoms with E-state index in [0.29, 0.717) is 18.3 Å². The van der Waals surface area contributed by atoms with Gasteiger partial charge in [-0.25, -0.2) is 0 Å². The molecule has 0 aromatic carbocycles. The van der Waals surface area contributed by atoms with E-state index >= 15 is 0 Å². The Labute approximate surface area is 113 Å². The number of amides is 1. The Balaban J connectivity index is 1.92. The van der Waals surface area contributed by atoms with Crippen LogP contribution in [0.15, 0.2) is 12.1 Å². The quantitative estimate of drug-likeness (QED) is 0.748. The van der Waals surface area contributed by atoms with Crippen molar-refractivity contribution in [2.45, 2.75) is 32.2 Å². The summed E-state index contributed by atoms with van der Waals surface area (Å²) in [6, 6.07) is 3.89. The molecule has 1 aromatic heterocycles. The summed E-state index contributed by atoms with van der Waals surface area (Å²) in [5.41, 5.74) is 0.353. The van der Waals surface area contributed by atoms with Gasteiger partial charge >= 0.3 is 0 Å². The summed E-state index contributed by atoms with van der Waals surface area (Å²) >= 11 is 0. The van der Waals surface area contributed by atoms with Crippen molar-refractivity contribution in [2.75, 3.05) is 25.0 Å². The molecule has 1 aromatic rings. The van der Waals surface area contributed by atoms with Gasteiger partial charge in [-0.2, -0.15) is 0 Å². The molecule has 1 fully saturated rings. The molecule has 104 valence electrons. The van der Waals surface area contributed by atoms with Crippen molar-refractivity contribution in [1.29, 1.82) is 0 Å². The van der Waals surface area contributed by atoms with Crippen LogP contribution in [-0.4, -0.2) is 41.8 Å². The van der Waals surface area contributed by atoms with Crippen molar-refractivity contribution in [3.05, 3.63) is 17.8 Å². The summed E-state index contributed by atoms with van der Waals surface area (Å²) in [5, 5.41) is 17.4. The third-order valence-electron chi connectivity index (χ3n) is 3.13. The van der Waals surface area contributed by atoms with E-state index in [9.17, 15) is 4.79 Å². The summed E-state index contributed by atoms with van der Waals surface area (Å²) < 4.78 is 0. The number of hydrogen-bond donors (Lipinski definition) is 3. The van der Waals surface area contributed by atoms with Gasteiger partial charge in [-0.15, -0.1) is 10.2 Å². The first-order valence-corrected chi connectivity index (χ1v) is 6.88. The van der Waals surface area contributed by atoms with Gasteiger partial charge in [0.05, 0.1) is 0 Å². The lowest BCUT2D eigenvalue weighted by atomic mass is 10.1. The minimum atomic E-state index is -0.183. The van der Waals surface area contributed by atoms with Gasteiger partial charge in [-0.1, -0.05) is 6.42 Å². The van der Waals surface area contributed by atoms with Crippen LogP contribution in [0.4, 0.5) is 5.82 Å². The first-order chi connectivity index (χ1) is 9.29. The van der Waals surface area contributed by atoms with E-state index in [4.69, 9.17) is 0 Å². The Hall–Kier alpha value is -1.69. The molecular formula is C13H21N5O. The zero-order valence-electron chi connectivity index (χ0n) is 11.3. The second kappa shape index (κ2) is 7.04. The Kier molecular flexibility index (Phi) is 5.09. The van der Waals surface area contributed by atoms with E-state index < -0.39 is 0 Å². The van der Waals surface area contributed by atoms with E-state index in [1.54, 1.807) is 6.07 Å². The van der Waals surface area contributed by atoms with E-state index in [2.05, 4.69) is 26.1 Å². The van der Waals surface area contributed by atoms with Crippen LogP contribution in [0, 0.1) is 0 Å². The Morgan fingerprint density at radius 1 is 1.42 bits per heavy atom. The van der Waals surface area contributed by atoms with Crippen molar-refractivity contribution in [3.8, 4) is 0 Å². The molecule has 0 aliphatic carbocycles. The van der Waals surface area contributed by atoms with Crippen molar-refractivity contribution in [3.63, 3.8) is 0 Å². The van der Waals surface area contributed by atoms with Crippen LogP contribution in [0.1, 0.15) is 36.7 Å². The fraction of sp³-hybridized carbons (Fsp3) is 0.615. The van der Waals surface area contributed by atoms with E-state index in [-0.39, 0.29) is 5.91 Å². The molecule has 2 heterocycles. The summed E-state index contributed by atoms with van der Waals surface area (Å²) in [6.07, 6.45) is 3.57. The van der Waals surface area contributed by atoms with Gasteiger partial charge < -0.3 is 16.0 Å². The summed E-state index contributed by atoms with van der Waals surface area (Å²) in [5.74, 6) is 0.541. The zero-order valence-corrected chi connectivity index (χ0v) is 11.3. The lowest BCUT2D eigenvalue weighted by Crippen LogP contribution is -2.31. The molecule has 1 amide bonds. The maximum Gasteiger partial charge on any atom is 0.271 e. The summed E-state index contributed by atoms with van der Waals surface area (Å²) in [6.45, 7) is 4.49. The molecule has 0 radical (unpaired) electrons. The predicted octanol–water partition coefficient (Wildman–Crippen LogP) is 0.780. The minimum Gasteiger partial charge on any atom is -0.365 e. The second-order valence-electron chi connectivity index (χ2n) is 4.70. The number of nitrogens with one attached hydrogen (secondary N) is 3. The topological polar surface area (TPSA) is 78.9 Å². The monoisotopic (exact) mass is 263 g/mol. The number of carbonyl (C=O) groups is 1. The molecule has 6 heteroatoms. The highest BCUT2D eigenvalue weighted by Gasteiger charge is 2.13. The molecule has 1 saturated heterocycles. The highest BCUT2D eigenvalue weighted by atomic mass is 16.1. The third kappa shape index (κ3) is 4.17. The van der Waals surface area contributed by atoms with E-state index in [1.165, 1.54) is 12.8 Å². The smallest absolute Gasteiger partial charge is 0.271 e. The van der Waals surface area contributed by atoms with Crippen LogP contribution < -0.4 is 16.0 Å². The molecule has 1 aliphatic rings. The highest BCUT2D eigenvalue weighted by Crippen LogP contribution is 2.10. The molecule has 19 heavy (non-hydrogen) atoms. The summed E-state index contributed by atoms with van der Waals surface area (Å²) in [7, 11) is 0. The highest BCUT2D eigenvalue weighted by molar-refractivity contribution is 5.92. The first-order valence-electron chi connectivity index (χ1n) is 6.88. The van der Waals surface area contributed by atoms with Crippen LogP contribution in [0.25, 0.3) is 0 Å². The lowest BCUT2D eigenvalue weighted by Gasteiger charge is -2.16. The Bertz CT molecular complexity index is 398. The van der Waals surface area contributed by atoms with E-state index in [0.717, 1.165) is 25.3 Å². The zero-order chi connectivity index (χ0) is 13.5. The second-order valence-corrected chi connectivity index (χ2v) is 4.70. The molecular weight excluding hydrogens is 242 g/mol. The van der Waals surface area contributed by atoms with Crippen molar-refractivity contribution in [2.24, 2.45) is 0 Å². The molecule has 0 bridgehead atoms. The number of nitrogens with zero attached hydrogens (tertiary/aromatic N) is 2. The largest absolute Gasteiger partial charge is 0.365 e. The van der Waals surface area contributed by atoms with Crippen molar-refractivity contribution in [1.82, 2.24) is 20.8 Å². The van der Waals surface area contributed by atoms with Gasteiger partial charge in [-0.3, -0.25) is 4.79 Å². The number of rotatable bonds is 4. The maximum atomic E-state index is 11.5. The fourth-order valence-corrected chi connectivity index (χ4v) is 2.13. The average molecular weight is 263 g/mol. The molecule has 1 atom stereocenters. The predicted molar refractivity (Wildman–Crippen MR) is 74.2 cm³/mol. The molecule has 2 rings (SSSR count). The van der Waals surface area contributed by atoms with Crippen molar-refractivity contribution < 1.29 is 4.79 Å². The minimum absolute atomic E-state index is 0.183. The normalized spacial score (nSPS) is 19.5. The van der Waals surface area contributed by atoms with Gasteiger partial charge in [0.1, 0.15) is 5.82 Å². The number of anilines is 1. The van der Waals surface area contributed by atoms with Crippen LogP contribution in [0.3, 0.4) is 0 Å². The number of hydrogen-bond acceptors (Lipinski definition) is 5. The van der Waals surface area contributed by atoms with Gasteiger partial charge in [0.25, 0.3) is 5.91 Å². The van der Waals surface area contributed by atoms with Crippen LogP contribution in [-0.2, 0) is 0 Å². The van der Waals surface area contributed by atoms with Crippen LogP contribution in [0.2, 0.25) is 0 Å². The van der Waals surface area contributed by atoms with Gasteiger partial charge in [0, 0.05) is 19.1 Å². The fourth-order valence-electron chi connectivity index (χ4n) is 2.13. The van der Waals surface area contributed by atoms with E-state index in [1.807, 2.05) is 13.0 Å². The lowest BCUT2D eigenvalue weighted by molar-refractivity contribution is 0.0950. The number of carbonyl (C=O) groups excluding carboxylic acids is 1. The summed E-state index contributed by atoms with van der Waals surface area (Å²) in [4.78, 5) is 11.5. The van der Waals surface area contributed by atoms with Gasteiger partial charge in [0.15, 0.2) is 5.69 Å². The maximum absolute atomic E-state index is 11.5. The SMILES string of the molecule is CCNC(=O)c1ccc(NC2CCCCNC2)nn1. The first kappa shape index (κ1) is 13.7. The van der Waals surface area contributed by atoms with Gasteiger partial charge in [-0.05, 0) is 38.4 Å². The Morgan fingerprint density at radius 3 is 3.05 bits per heavy atom. The standard InChI is InChI=1S/C13H21N5O/c1-2-15-13(19)11-6-7-12(18-17-11)16-10-5-3-4-8-14-9-10/h6-7,10,14H,2-5,8-9H2,1H3,(H,15,19)(H,16,18). The van der Waals surface area contributed by atoms with Crippen molar-refractivity contribution >= 4 is 11.7 Å². The molecule has 1 aliphatic heterocycles. The molecule has 1 unspecified atom stereocenters.